The molecule has 1 aliphatic heterocycles. The molecule has 5 rings (SSSR count). The van der Waals surface area contributed by atoms with E-state index in [0.29, 0.717) is 46.1 Å². The highest BCUT2D eigenvalue weighted by atomic mass is 19.4. The summed E-state index contributed by atoms with van der Waals surface area (Å²) < 4.78 is 40.5. The number of halogens is 3. The van der Waals surface area contributed by atoms with E-state index in [1.807, 2.05) is 13.0 Å². The largest absolute Gasteiger partial charge is 0.416 e. The van der Waals surface area contributed by atoms with Crippen molar-refractivity contribution in [1.29, 1.82) is 0 Å². The van der Waals surface area contributed by atoms with Crippen LogP contribution < -0.4 is 21.4 Å². The van der Waals surface area contributed by atoms with Gasteiger partial charge in [0.05, 0.1) is 11.1 Å². The third-order valence-electron chi connectivity index (χ3n) is 5.76. The van der Waals surface area contributed by atoms with Gasteiger partial charge in [-0.05, 0) is 60.1 Å². The number of aromatic nitrogens is 4. The molecule has 0 saturated carbocycles. The van der Waals surface area contributed by atoms with Gasteiger partial charge in [0.2, 0.25) is 0 Å². The Morgan fingerprint density at radius 2 is 2.00 bits per heavy atom. The van der Waals surface area contributed by atoms with Gasteiger partial charge in [-0.25, -0.2) is 9.97 Å². The Morgan fingerprint density at radius 1 is 1.17 bits per heavy atom. The number of amidine groups is 1. The number of nitrogens with two attached hydrogens (primary N) is 1. The molecule has 1 aliphatic rings. The number of carbonyl (C=O) groups is 1. The molecule has 0 fully saturated rings. The highest BCUT2D eigenvalue weighted by molar-refractivity contribution is 6.05. The summed E-state index contributed by atoms with van der Waals surface area (Å²) in [7, 11) is 1.67. The highest BCUT2D eigenvalue weighted by Gasteiger charge is 2.30. The van der Waals surface area contributed by atoms with Crippen molar-refractivity contribution in [2.45, 2.75) is 19.6 Å². The number of benzene rings is 2. The maximum Gasteiger partial charge on any atom is 0.416 e. The van der Waals surface area contributed by atoms with Crippen molar-refractivity contribution in [2.75, 3.05) is 11.9 Å². The molecule has 0 atom stereocenters. The Kier molecular flexibility index (Phi) is 5.86. The molecule has 0 aliphatic carbocycles. The summed E-state index contributed by atoms with van der Waals surface area (Å²) in [5, 5.41) is 8.65. The van der Waals surface area contributed by atoms with Crippen LogP contribution in [-0.4, -0.2) is 38.5 Å². The molecule has 2 aromatic carbocycles. The summed E-state index contributed by atoms with van der Waals surface area (Å²) in [5.41, 5.74) is 9.35. The normalized spacial score (nSPS) is 13.5. The van der Waals surface area contributed by atoms with Gasteiger partial charge < -0.3 is 4.90 Å². The number of aryl methyl sites for hydroxylation is 1. The Hall–Kier alpha value is -4.36. The first-order valence-corrected chi connectivity index (χ1v) is 10.9. The van der Waals surface area contributed by atoms with Gasteiger partial charge in [0.1, 0.15) is 12.2 Å². The Morgan fingerprint density at radius 3 is 2.72 bits per heavy atom. The minimum absolute atomic E-state index is 0.249. The van der Waals surface area contributed by atoms with Crippen LogP contribution in [0.2, 0.25) is 0 Å². The number of alkyl halides is 3. The van der Waals surface area contributed by atoms with E-state index in [1.165, 1.54) is 22.7 Å². The van der Waals surface area contributed by atoms with E-state index >= 15 is 0 Å². The van der Waals surface area contributed by atoms with Gasteiger partial charge in [0.25, 0.3) is 5.91 Å². The molecule has 0 saturated heterocycles. The molecular weight excluding hydrogens is 475 g/mol. The molecule has 0 spiro atoms. The van der Waals surface area contributed by atoms with Crippen LogP contribution in [0, 0.1) is 6.92 Å². The highest BCUT2D eigenvalue weighted by Crippen LogP contribution is 2.32. The SMILES string of the molecule is Cc1cc(-c2ncc3cc(C(F)(F)F)ccc3n2)ccc1N(C)C(=O)c1ccnn1CC1=N[NH2+]NN1. The van der Waals surface area contributed by atoms with Crippen molar-refractivity contribution in [3.05, 3.63) is 71.7 Å². The molecule has 36 heavy (non-hydrogen) atoms. The van der Waals surface area contributed by atoms with Gasteiger partial charge in [-0.2, -0.15) is 18.3 Å². The van der Waals surface area contributed by atoms with Gasteiger partial charge in [-0.15, -0.1) is 5.53 Å². The lowest BCUT2D eigenvalue weighted by Crippen LogP contribution is -2.87. The Labute approximate surface area is 202 Å². The number of nitrogens with one attached hydrogen (secondary N) is 2. The number of amides is 1. The first-order chi connectivity index (χ1) is 17.2. The number of hydrogen-bond acceptors (Lipinski definition) is 7. The van der Waals surface area contributed by atoms with E-state index in [-0.39, 0.29) is 5.91 Å². The van der Waals surface area contributed by atoms with Crippen LogP contribution in [0.1, 0.15) is 21.6 Å². The second kappa shape index (κ2) is 9.02. The van der Waals surface area contributed by atoms with Gasteiger partial charge in [-0.3, -0.25) is 14.9 Å². The first-order valence-electron chi connectivity index (χ1n) is 10.9. The molecule has 0 bridgehead atoms. The van der Waals surface area contributed by atoms with Gasteiger partial charge in [-0.1, -0.05) is 5.53 Å². The van der Waals surface area contributed by atoms with Gasteiger partial charge >= 0.3 is 6.18 Å². The van der Waals surface area contributed by atoms with E-state index < -0.39 is 11.7 Å². The predicted octanol–water partition coefficient (Wildman–Crippen LogP) is 2.00. The molecule has 4 N–H and O–H groups in total. The molecule has 184 valence electrons. The van der Waals surface area contributed by atoms with Crippen LogP contribution >= 0.6 is 0 Å². The van der Waals surface area contributed by atoms with Crippen LogP contribution in [0.15, 0.2) is 60.0 Å². The second-order valence-corrected chi connectivity index (χ2v) is 8.18. The summed E-state index contributed by atoms with van der Waals surface area (Å²) in [6.07, 6.45) is -1.50. The second-order valence-electron chi connectivity index (χ2n) is 8.18. The summed E-state index contributed by atoms with van der Waals surface area (Å²) in [6, 6.07) is 10.4. The molecular formula is C23H21F3N9O+. The van der Waals surface area contributed by atoms with Crippen molar-refractivity contribution in [2.24, 2.45) is 5.10 Å². The number of carbonyl (C=O) groups excluding carboxylic acids is 1. The van der Waals surface area contributed by atoms with E-state index in [0.717, 1.165) is 17.7 Å². The fraction of sp³-hybridized carbons (Fsp3) is 0.174. The number of nitrogens with zero attached hydrogens (tertiary/aromatic N) is 6. The van der Waals surface area contributed by atoms with Gasteiger partial charge in [0.15, 0.2) is 11.7 Å². The van der Waals surface area contributed by atoms with Crippen LogP contribution in [0.3, 0.4) is 0 Å². The number of anilines is 1. The lowest BCUT2D eigenvalue weighted by molar-refractivity contribution is -0.713. The van der Waals surface area contributed by atoms with Gasteiger partial charge in [0, 0.05) is 36.1 Å². The van der Waals surface area contributed by atoms with Crippen molar-refractivity contribution < 1.29 is 23.5 Å². The minimum atomic E-state index is -4.43. The number of rotatable bonds is 5. The maximum atomic E-state index is 13.2. The summed E-state index contributed by atoms with van der Waals surface area (Å²) in [6.45, 7) is 2.16. The molecule has 1 amide bonds. The topological polar surface area (TPSA) is 117 Å². The third-order valence-corrected chi connectivity index (χ3v) is 5.76. The lowest BCUT2D eigenvalue weighted by atomic mass is 10.1. The fourth-order valence-corrected chi connectivity index (χ4v) is 3.92. The Bertz CT molecular complexity index is 1500. The van der Waals surface area contributed by atoms with Crippen molar-refractivity contribution in [3.8, 4) is 11.4 Å². The fourth-order valence-electron chi connectivity index (χ4n) is 3.92. The molecule has 13 heteroatoms. The zero-order chi connectivity index (χ0) is 25.4. The smallest absolute Gasteiger partial charge is 0.310 e. The lowest BCUT2D eigenvalue weighted by Gasteiger charge is -2.20. The first kappa shape index (κ1) is 23.4. The van der Waals surface area contributed by atoms with Crippen LogP contribution in [0.4, 0.5) is 18.9 Å². The maximum absolute atomic E-state index is 13.2. The third kappa shape index (κ3) is 4.48. The van der Waals surface area contributed by atoms with E-state index in [4.69, 9.17) is 0 Å². The molecule has 0 unspecified atom stereocenters. The van der Waals surface area contributed by atoms with Crippen molar-refractivity contribution in [3.63, 3.8) is 0 Å². The summed E-state index contributed by atoms with van der Waals surface area (Å²) in [4.78, 5) is 23.4. The summed E-state index contributed by atoms with van der Waals surface area (Å²) >= 11 is 0. The quantitative estimate of drug-likeness (QED) is 0.364. The van der Waals surface area contributed by atoms with Crippen LogP contribution in [-0.2, 0) is 12.7 Å². The van der Waals surface area contributed by atoms with E-state index in [2.05, 4.69) is 31.1 Å². The molecule has 3 heterocycles. The standard InChI is InChI=1S/C23H20F3N9O/c1-13-9-14(21-27-11-15-10-16(23(24,25)26)4-5-17(15)29-21)3-6-18(13)34(2)22(36)19-7-8-28-35(19)12-20-30-32-33-31-20/h3-11,32-33H,12H2,1-2H3,(H,30,31)/p+1. The average molecular weight is 496 g/mol. The molecule has 10 nitrogen and oxygen atoms in total. The molecule has 0 radical (unpaired) electrons. The minimum Gasteiger partial charge on any atom is -0.310 e. The zero-order valence-corrected chi connectivity index (χ0v) is 19.2. The predicted molar refractivity (Wildman–Crippen MR) is 125 cm³/mol. The molecule has 4 aromatic rings. The number of fused-ring (bicyclic) bond motifs is 1. The zero-order valence-electron chi connectivity index (χ0n) is 19.2. The number of hydrogen-bond donors (Lipinski definition) is 3. The van der Waals surface area contributed by atoms with Crippen LogP contribution in [0.5, 0.6) is 0 Å². The van der Waals surface area contributed by atoms with Crippen LogP contribution in [0.25, 0.3) is 22.3 Å². The molecule has 2 aromatic heterocycles. The van der Waals surface area contributed by atoms with Crippen molar-refractivity contribution >= 4 is 28.3 Å². The van der Waals surface area contributed by atoms with E-state index in [1.54, 1.807) is 36.1 Å². The van der Waals surface area contributed by atoms with Crippen molar-refractivity contribution in [1.82, 2.24) is 30.7 Å². The Balaban J connectivity index is 1.39. The monoisotopic (exact) mass is 496 g/mol. The van der Waals surface area contributed by atoms with E-state index in [9.17, 15) is 18.0 Å². The summed E-state index contributed by atoms with van der Waals surface area (Å²) in [5.74, 6) is 0.751. The number of hydrazine groups is 1. The number of quaternary nitrogens is 1. The average Bonchev–Trinajstić information content (AvgIpc) is 3.54.